The molecule has 3 N–H and O–H groups in total. The van der Waals surface area contributed by atoms with Crippen molar-refractivity contribution in [3.05, 3.63) is 11.6 Å². The Morgan fingerprint density at radius 1 is 1.27 bits per heavy atom. The lowest BCUT2D eigenvalue weighted by atomic mass is 10.0. The van der Waals surface area contributed by atoms with Crippen LogP contribution in [0.2, 0.25) is 0 Å². The van der Waals surface area contributed by atoms with Crippen molar-refractivity contribution in [1.29, 1.82) is 0 Å². The van der Waals surface area contributed by atoms with Gasteiger partial charge in [-0.2, -0.15) is 0 Å². The molecule has 0 saturated carbocycles. The number of hydrogen-bond donors (Lipinski definition) is 3. The van der Waals surface area contributed by atoms with Gasteiger partial charge < -0.3 is 25.0 Å². The number of nitrogens with zero attached hydrogens (tertiary/aromatic N) is 4. The number of hydrogen-bond acceptors (Lipinski definition) is 5. The first-order valence-corrected chi connectivity index (χ1v) is 9.67. The van der Waals surface area contributed by atoms with Gasteiger partial charge in [0.2, 0.25) is 0 Å². The van der Waals surface area contributed by atoms with Gasteiger partial charge >= 0.3 is 0 Å². The molecular weight excluding hydrogens is 332 g/mol. The summed E-state index contributed by atoms with van der Waals surface area (Å²) in [6, 6.07) is 0. The minimum absolute atomic E-state index is 0.221. The second-order valence-corrected chi connectivity index (χ2v) is 6.41. The maximum Gasteiger partial charge on any atom is 0.191 e. The third-order valence-electron chi connectivity index (χ3n) is 4.32. The molecule has 1 aromatic rings. The maximum absolute atomic E-state index is 9.23. The van der Waals surface area contributed by atoms with Crippen molar-refractivity contribution in [2.45, 2.75) is 53.0 Å². The van der Waals surface area contributed by atoms with Crippen LogP contribution in [0.15, 0.2) is 4.99 Å². The monoisotopic (exact) mass is 368 g/mol. The Labute approximate surface area is 157 Å². The van der Waals surface area contributed by atoms with Gasteiger partial charge in [0.05, 0.1) is 0 Å². The molecule has 0 fully saturated rings. The summed E-state index contributed by atoms with van der Waals surface area (Å²) in [5.74, 6) is 2.91. The Balaban J connectivity index is 2.61. The van der Waals surface area contributed by atoms with Crippen LogP contribution in [0.4, 0.5) is 0 Å². The number of aliphatic hydroxyl groups is 1. The number of aliphatic hydroxyl groups excluding tert-OH is 1. The van der Waals surface area contributed by atoms with Gasteiger partial charge in [-0.3, -0.25) is 0 Å². The van der Waals surface area contributed by atoms with E-state index in [4.69, 9.17) is 4.74 Å². The van der Waals surface area contributed by atoms with E-state index < -0.39 is 0 Å². The molecule has 8 heteroatoms. The highest BCUT2D eigenvalue weighted by Crippen LogP contribution is 2.09. The average Bonchev–Trinajstić information content (AvgIpc) is 2.95. The summed E-state index contributed by atoms with van der Waals surface area (Å²) in [7, 11) is 1.95. The van der Waals surface area contributed by atoms with E-state index in [2.05, 4.69) is 32.7 Å². The normalized spacial score (nSPS) is 13.0. The Kier molecular flexibility index (Phi) is 11.6. The van der Waals surface area contributed by atoms with Crippen molar-refractivity contribution in [3.63, 3.8) is 0 Å². The zero-order chi connectivity index (χ0) is 19.2. The fourth-order valence-corrected chi connectivity index (χ4v) is 2.62. The number of guanidine groups is 1. The van der Waals surface area contributed by atoms with Gasteiger partial charge in [-0.25, -0.2) is 4.99 Å². The third-order valence-corrected chi connectivity index (χ3v) is 4.32. The van der Waals surface area contributed by atoms with Gasteiger partial charge in [0.15, 0.2) is 11.8 Å². The van der Waals surface area contributed by atoms with Gasteiger partial charge in [-0.05, 0) is 39.0 Å². The van der Waals surface area contributed by atoms with E-state index in [1.807, 2.05) is 25.5 Å². The first-order valence-electron chi connectivity index (χ1n) is 9.67. The average molecular weight is 369 g/mol. The van der Waals surface area contributed by atoms with Crippen molar-refractivity contribution in [2.75, 3.05) is 32.9 Å². The summed E-state index contributed by atoms with van der Waals surface area (Å²) in [4.78, 5) is 4.65. The fraction of sp³-hybridized carbons (Fsp3) is 0.833. The summed E-state index contributed by atoms with van der Waals surface area (Å²) in [6.07, 6.45) is 3.93. The molecule has 0 bridgehead atoms. The zero-order valence-corrected chi connectivity index (χ0v) is 16.8. The summed E-state index contributed by atoms with van der Waals surface area (Å²) in [5, 5.41) is 24.2. The van der Waals surface area contributed by atoms with Crippen LogP contribution in [0.25, 0.3) is 0 Å². The van der Waals surface area contributed by atoms with Crippen LogP contribution in [-0.2, 0) is 18.3 Å². The van der Waals surface area contributed by atoms with Gasteiger partial charge in [0.25, 0.3) is 0 Å². The van der Waals surface area contributed by atoms with Crippen molar-refractivity contribution in [2.24, 2.45) is 18.0 Å². The molecule has 0 aliphatic rings. The lowest BCUT2D eigenvalue weighted by Gasteiger charge is -2.18. The molecule has 0 aliphatic heterocycles. The molecule has 0 saturated heterocycles. The van der Waals surface area contributed by atoms with E-state index in [0.717, 1.165) is 69.6 Å². The van der Waals surface area contributed by atoms with Gasteiger partial charge in [-0.1, -0.05) is 13.3 Å². The number of aliphatic imine (C=N–C) groups is 1. The predicted octanol–water partition coefficient (Wildman–Crippen LogP) is 1.38. The Morgan fingerprint density at radius 2 is 2.08 bits per heavy atom. The first kappa shape index (κ1) is 22.4. The van der Waals surface area contributed by atoms with Crippen molar-refractivity contribution >= 4 is 5.96 Å². The number of aryl methyl sites for hydroxylation is 1. The highest BCUT2D eigenvalue weighted by atomic mass is 16.5. The van der Waals surface area contributed by atoms with Crippen LogP contribution in [0.3, 0.4) is 0 Å². The van der Waals surface area contributed by atoms with Crippen LogP contribution < -0.4 is 10.6 Å². The van der Waals surface area contributed by atoms with Crippen LogP contribution in [0.5, 0.6) is 0 Å². The SMILES string of the molecule is CCCC(CCO)CNC(=NCc1nnc(C)n1C)NCCCOCC. The van der Waals surface area contributed by atoms with Crippen LogP contribution in [0, 0.1) is 12.8 Å². The third kappa shape index (κ3) is 8.62. The Hall–Kier alpha value is -1.67. The molecular formula is C18H36N6O2. The molecule has 26 heavy (non-hydrogen) atoms. The minimum Gasteiger partial charge on any atom is -0.396 e. The summed E-state index contributed by atoms with van der Waals surface area (Å²) >= 11 is 0. The standard InChI is InChI=1S/C18H36N6O2/c1-5-8-16(9-11-25)13-20-18(19-10-7-12-26-6-2)21-14-17-23-22-15(3)24(17)4/h16,25H,5-14H2,1-4H3,(H2,19,20,21). The second kappa shape index (κ2) is 13.5. The summed E-state index contributed by atoms with van der Waals surface area (Å²) < 4.78 is 7.32. The number of nitrogens with one attached hydrogen (secondary N) is 2. The predicted molar refractivity (Wildman–Crippen MR) is 104 cm³/mol. The highest BCUT2D eigenvalue weighted by molar-refractivity contribution is 5.79. The zero-order valence-electron chi connectivity index (χ0n) is 16.8. The lowest BCUT2D eigenvalue weighted by Crippen LogP contribution is -2.40. The number of aromatic nitrogens is 3. The van der Waals surface area contributed by atoms with Crippen LogP contribution in [0.1, 0.15) is 51.2 Å². The molecule has 1 atom stereocenters. The van der Waals surface area contributed by atoms with E-state index >= 15 is 0 Å². The second-order valence-electron chi connectivity index (χ2n) is 6.41. The molecule has 0 aliphatic carbocycles. The molecule has 0 radical (unpaired) electrons. The van der Waals surface area contributed by atoms with Gasteiger partial charge in [-0.15, -0.1) is 10.2 Å². The van der Waals surface area contributed by atoms with Crippen molar-refractivity contribution < 1.29 is 9.84 Å². The molecule has 0 aromatic carbocycles. The van der Waals surface area contributed by atoms with Gasteiger partial charge in [0, 0.05) is 40.0 Å². The van der Waals surface area contributed by atoms with E-state index in [1.54, 1.807) is 0 Å². The highest BCUT2D eigenvalue weighted by Gasteiger charge is 2.09. The Morgan fingerprint density at radius 3 is 2.69 bits per heavy atom. The van der Waals surface area contributed by atoms with E-state index in [9.17, 15) is 5.11 Å². The van der Waals surface area contributed by atoms with Crippen molar-refractivity contribution in [1.82, 2.24) is 25.4 Å². The largest absolute Gasteiger partial charge is 0.396 e. The molecule has 8 nitrogen and oxygen atoms in total. The lowest BCUT2D eigenvalue weighted by molar-refractivity contribution is 0.145. The summed E-state index contributed by atoms with van der Waals surface area (Å²) in [5.41, 5.74) is 0. The van der Waals surface area contributed by atoms with Gasteiger partial charge in [0.1, 0.15) is 12.4 Å². The molecule has 0 amide bonds. The van der Waals surface area contributed by atoms with E-state index in [1.165, 1.54) is 0 Å². The van der Waals surface area contributed by atoms with E-state index in [0.29, 0.717) is 12.5 Å². The number of rotatable bonds is 13. The molecule has 1 heterocycles. The maximum atomic E-state index is 9.23. The van der Waals surface area contributed by atoms with Crippen molar-refractivity contribution in [3.8, 4) is 0 Å². The molecule has 1 aromatic heterocycles. The molecule has 0 spiro atoms. The van der Waals surface area contributed by atoms with Crippen LogP contribution in [-0.4, -0.2) is 58.7 Å². The first-order chi connectivity index (χ1) is 12.6. The van der Waals surface area contributed by atoms with Crippen LogP contribution >= 0.6 is 0 Å². The fourth-order valence-electron chi connectivity index (χ4n) is 2.62. The minimum atomic E-state index is 0.221. The smallest absolute Gasteiger partial charge is 0.191 e. The quantitative estimate of drug-likeness (QED) is 0.277. The molecule has 1 rings (SSSR count). The number of ether oxygens (including phenoxy) is 1. The molecule has 150 valence electrons. The topological polar surface area (TPSA) is 96.6 Å². The molecule has 1 unspecified atom stereocenters. The van der Waals surface area contributed by atoms with E-state index in [-0.39, 0.29) is 6.61 Å². The summed E-state index contributed by atoms with van der Waals surface area (Å²) in [6.45, 7) is 9.85. The Bertz CT molecular complexity index is 512.